The Bertz CT molecular complexity index is 224. The van der Waals surface area contributed by atoms with Crippen LogP contribution in [0.3, 0.4) is 0 Å². The predicted molar refractivity (Wildman–Crippen MR) is 68.5 cm³/mol. The normalized spacial score (nSPS) is 26.1. The molecule has 0 spiro atoms. The standard InChI is InChI=1S/C13H28N2O/c1-6-12(2,3)15(5)13(4,10-14)11-7-8-16-9-11/h11H,6-10,14H2,1-5H3. The Hall–Kier alpha value is -0.120. The van der Waals surface area contributed by atoms with Gasteiger partial charge in [-0.2, -0.15) is 0 Å². The molecule has 1 rings (SSSR count). The molecule has 1 aliphatic rings. The molecule has 1 saturated heterocycles. The van der Waals surface area contributed by atoms with Crippen molar-refractivity contribution in [2.24, 2.45) is 11.7 Å². The van der Waals surface area contributed by atoms with Crippen molar-refractivity contribution < 1.29 is 4.74 Å². The van der Waals surface area contributed by atoms with Crippen LogP contribution >= 0.6 is 0 Å². The van der Waals surface area contributed by atoms with Crippen LogP contribution in [-0.4, -0.2) is 42.8 Å². The van der Waals surface area contributed by atoms with E-state index in [4.69, 9.17) is 10.5 Å². The first-order chi connectivity index (χ1) is 7.38. The monoisotopic (exact) mass is 228 g/mol. The van der Waals surface area contributed by atoms with Gasteiger partial charge in [0.2, 0.25) is 0 Å². The number of ether oxygens (including phenoxy) is 1. The smallest absolute Gasteiger partial charge is 0.0513 e. The minimum Gasteiger partial charge on any atom is -0.381 e. The summed E-state index contributed by atoms with van der Waals surface area (Å²) >= 11 is 0. The van der Waals surface area contributed by atoms with E-state index in [1.807, 2.05) is 0 Å². The van der Waals surface area contributed by atoms with Crippen molar-refractivity contribution in [2.75, 3.05) is 26.8 Å². The van der Waals surface area contributed by atoms with Gasteiger partial charge in [0.15, 0.2) is 0 Å². The second-order valence-corrected chi connectivity index (χ2v) is 5.85. The minimum atomic E-state index is 0.0516. The van der Waals surface area contributed by atoms with Crippen LogP contribution in [0.25, 0.3) is 0 Å². The molecule has 2 unspecified atom stereocenters. The van der Waals surface area contributed by atoms with Gasteiger partial charge in [-0.15, -0.1) is 0 Å². The van der Waals surface area contributed by atoms with Crippen molar-refractivity contribution in [1.82, 2.24) is 4.90 Å². The topological polar surface area (TPSA) is 38.5 Å². The fourth-order valence-corrected chi connectivity index (χ4v) is 2.53. The second-order valence-electron chi connectivity index (χ2n) is 5.85. The second kappa shape index (κ2) is 5.03. The summed E-state index contributed by atoms with van der Waals surface area (Å²) in [6, 6.07) is 0. The third kappa shape index (κ3) is 2.41. The molecule has 1 aliphatic heterocycles. The van der Waals surface area contributed by atoms with Crippen LogP contribution in [0.1, 0.15) is 40.5 Å². The fourth-order valence-electron chi connectivity index (χ4n) is 2.53. The van der Waals surface area contributed by atoms with Crippen LogP contribution in [0.5, 0.6) is 0 Å². The highest BCUT2D eigenvalue weighted by atomic mass is 16.5. The fraction of sp³-hybridized carbons (Fsp3) is 1.00. The van der Waals surface area contributed by atoms with Crippen molar-refractivity contribution in [3.05, 3.63) is 0 Å². The molecule has 16 heavy (non-hydrogen) atoms. The minimum absolute atomic E-state index is 0.0516. The molecular formula is C13H28N2O. The molecule has 3 nitrogen and oxygen atoms in total. The zero-order valence-electron chi connectivity index (χ0n) is 11.5. The van der Waals surface area contributed by atoms with E-state index < -0.39 is 0 Å². The summed E-state index contributed by atoms with van der Waals surface area (Å²) in [6.07, 6.45) is 2.27. The first kappa shape index (κ1) is 13.9. The van der Waals surface area contributed by atoms with E-state index in [1.54, 1.807) is 0 Å². The molecule has 0 aromatic carbocycles. The first-order valence-electron chi connectivity index (χ1n) is 6.40. The Morgan fingerprint density at radius 1 is 1.38 bits per heavy atom. The van der Waals surface area contributed by atoms with Crippen molar-refractivity contribution >= 4 is 0 Å². The lowest BCUT2D eigenvalue weighted by atomic mass is 9.80. The number of rotatable bonds is 5. The van der Waals surface area contributed by atoms with Crippen LogP contribution < -0.4 is 5.73 Å². The lowest BCUT2D eigenvalue weighted by Gasteiger charge is -2.50. The van der Waals surface area contributed by atoms with E-state index in [9.17, 15) is 0 Å². The quantitative estimate of drug-likeness (QED) is 0.780. The van der Waals surface area contributed by atoms with Crippen LogP contribution in [-0.2, 0) is 4.74 Å². The van der Waals surface area contributed by atoms with Gasteiger partial charge in [0.05, 0.1) is 6.61 Å². The van der Waals surface area contributed by atoms with Crippen LogP contribution in [0, 0.1) is 5.92 Å². The maximum atomic E-state index is 6.04. The number of nitrogens with two attached hydrogens (primary N) is 1. The molecule has 0 radical (unpaired) electrons. The summed E-state index contributed by atoms with van der Waals surface area (Å²) in [4.78, 5) is 2.46. The van der Waals surface area contributed by atoms with E-state index in [0.717, 1.165) is 26.1 Å². The van der Waals surface area contributed by atoms with E-state index in [0.29, 0.717) is 12.5 Å². The SMILES string of the molecule is CCC(C)(C)N(C)C(C)(CN)C1CCOC1. The van der Waals surface area contributed by atoms with Crippen molar-refractivity contribution in [3.8, 4) is 0 Å². The molecule has 0 aromatic rings. The van der Waals surface area contributed by atoms with Crippen LogP contribution in [0.4, 0.5) is 0 Å². The largest absolute Gasteiger partial charge is 0.381 e. The average molecular weight is 228 g/mol. The summed E-state index contributed by atoms with van der Waals surface area (Å²) in [6.45, 7) is 11.5. The predicted octanol–water partition coefficient (Wildman–Crippen LogP) is 1.86. The summed E-state index contributed by atoms with van der Waals surface area (Å²) in [7, 11) is 2.20. The summed E-state index contributed by atoms with van der Waals surface area (Å²) in [5.41, 5.74) is 6.28. The van der Waals surface area contributed by atoms with Gasteiger partial charge in [-0.3, -0.25) is 4.90 Å². The van der Waals surface area contributed by atoms with Gasteiger partial charge >= 0.3 is 0 Å². The Balaban J connectivity index is 2.85. The van der Waals surface area contributed by atoms with Gasteiger partial charge in [0, 0.05) is 30.1 Å². The molecule has 1 fully saturated rings. The highest BCUT2D eigenvalue weighted by Gasteiger charge is 2.43. The van der Waals surface area contributed by atoms with Crippen molar-refractivity contribution in [3.63, 3.8) is 0 Å². The zero-order chi connectivity index (χ0) is 12.4. The van der Waals surface area contributed by atoms with Gasteiger partial charge in [-0.05, 0) is 40.7 Å². The Kier molecular flexibility index (Phi) is 4.38. The molecule has 2 N–H and O–H groups in total. The number of hydrogen-bond donors (Lipinski definition) is 1. The Labute approximate surface area is 100 Å². The molecule has 0 aromatic heterocycles. The van der Waals surface area contributed by atoms with Gasteiger partial charge in [0.25, 0.3) is 0 Å². The zero-order valence-corrected chi connectivity index (χ0v) is 11.5. The van der Waals surface area contributed by atoms with Crippen molar-refractivity contribution in [2.45, 2.75) is 51.6 Å². The maximum absolute atomic E-state index is 6.04. The average Bonchev–Trinajstić information content (AvgIpc) is 2.80. The lowest BCUT2D eigenvalue weighted by Crippen LogP contribution is -2.61. The molecular weight excluding hydrogens is 200 g/mol. The molecule has 0 amide bonds. The van der Waals surface area contributed by atoms with E-state index in [2.05, 4.69) is 39.6 Å². The molecule has 3 heteroatoms. The van der Waals surface area contributed by atoms with Gasteiger partial charge < -0.3 is 10.5 Å². The number of likely N-dealkylation sites (N-methyl/N-ethyl adjacent to an activating group) is 1. The molecule has 0 aliphatic carbocycles. The van der Waals surface area contributed by atoms with E-state index >= 15 is 0 Å². The van der Waals surface area contributed by atoms with Gasteiger partial charge in [0.1, 0.15) is 0 Å². The highest BCUT2D eigenvalue weighted by Crippen LogP contribution is 2.35. The van der Waals surface area contributed by atoms with Crippen molar-refractivity contribution in [1.29, 1.82) is 0 Å². The third-order valence-electron chi connectivity index (χ3n) is 4.76. The molecule has 1 heterocycles. The van der Waals surface area contributed by atoms with E-state index in [-0.39, 0.29) is 11.1 Å². The highest BCUT2D eigenvalue weighted by molar-refractivity contribution is 4.99. The number of hydrogen-bond acceptors (Lipinski definition) is 3. The van der Waals surface area contributed by atoms with Crippen LogP contribution in [0.15, 0.2) is 0 Å². The molecule has 2 atom stereocenters. The first-order valence-corrected chi connectivity index (χ1v) is 6.40. The Morgan fingerprint density at radius 2 is 2.00 bits per heavy atom. The summed E-state index contributed by atoms with van der Waals surface area (Å²) < 4.78 is 5.52. The molecule has 0 bridgehead atoms. The summed E-state index contributed by atoms with van der Waals surface area (Å²) in [5, 5.41) is 0. The lowest BCUT2D eigenvalue weighted by molar-refractivity contribution is -0.00731. The maximum Gasteiger partial charge on any atom is 0.0513 e. The number of nitrogens with zero attached hydrogens (tertiary/aromatic N) is 1. The molecule has 0 saturated carbocycles. The van der Waals surface area contributed by atoms with Gasteiger partial charge in [-0.1, -0.05) is 6.92 Å². The third-order valence-corrected chi connectivity index (χ3v) is 4.76. The van der Waals surface area contributed by atoms with E-state index in [1.165, 1.54) is 0 Å². The van der Waals surface area contributed by atoms with Crippen LogP contribution in [0.2, 0.25) is 0 Å². The molecule has 96 valence electrons. The summed E-state index contributed by atoms with van der Waals surface area (Å²) in [5.74, 6) is 0.563. The Morgan fingerprint density at radius 3 is 2.38 bits per heavy atom. The van der Waals surface area contributed by atoms with Gasteiger partial charge in [-0.25, -0.2) is 0 Å².